The van der Waals surface area contributed by atoms with Crippen LogP contribution in [-0.4, -0.2) is 17.9 Å². The Kier molecular flexibility index (Phi) is 4.80. The molecule has 0 saturated carbocycles. The first kappa shape index (κ1) is 17.5. The van der Waals surface area contributed by atoms with E-state index in [1.54, 1.807) is 25.3 Å². The highest BCUT2D eigenvalue weighted by molar-refractivity contribution is 7.21. The molecule has 3 aromatic rings. The molecule has 1 amide bonds. The predicted molar refractivity (Wildman–Crippen MR) is 99.4 cm³/mol. The maximum Gasteiger partial charge on any atom is 0.289 e. The van der Waals surface area contributed by atoms with Gasteiger partial charge in [0.05, 0.1) is 17.1 Å². The highest BCUT2D eigenvalue weighted by Crippen LogP contribution is 2.38. The first-order chi connectivity index (χ1) is 11.9. The highest BCUT2D eigenvalue weighted by Gasteiger charge is 2.19. The van der Waals surface area contributed by atoms with E-state index in [2.05, 4.69) is 5.32 Å². The number of hydrogen-bond donors (Lipinski definition) is 1. The number of nitrogens with one attached hydrogen (secondary N) is 1. The standard InChI is InChI=1S/C16H10Cl2N2O4S/c1-24-9-3-4-10-13(7-9)25-15(14(10)18)16(21)19-8-2-5-11(17)12(6-8)20(22)23/h2-7H,1H3,(H,19,21). The second-order valence-corrected chi connectivity index (χ2v) is 6.82. The van der Waals surface area contributed by atoms with E-state index in [0.717, 1.165) is 10.1 Å². The number of thiophene rings is 1. The molecule has 6 nitrogen and oxygen atoms in total. The van der Waals surface area contributed by atoms with E-state index in [-0.39, 0.29) is 16.4 Å². The first-order valence-corrected chi connectivity index (χ1v) is 8.49. The number of nitro groups is 1. The molecule has 0 radical (unpaired) electrons. The number of benzene rings is 2. The number of hydrogen-bond acceptors (Lipinski definition) is 5. The number of methoxy groups -OCH3 is 1. The number of ether oxygens (including phenoxy) is 1. The van der Waals surface area contributed by atoms with Crippen molar-refractivity contribution < 1.29 is 14.5 Å². The Morgan fingerprint density at radius 3 is 2.68 bits per heavy atom. The van der Waals surface area contributed by atoms with Gasteiger partial charge in [0.1, 0.15) is 15.6 Å². The molecule has 0 bridgehead atoms. The Morgan fingerprint density at radius 2 is 2.00 bits per heavy atom. The summed E-state index contributed by atoms with van der Waals surface area (Å²) in [5, 5.41) is 14.6. The molecule has 0 unspecified atom stereocenters. The average Bonchev–Trinajstić information content (AvgIpc) is 2.92. The molecular formula is C16H10Cl2N2O4S. The molecule has 0 spiro atoms. The third-order valence-corrected chi connectivity index (χ3v) is 5.42. The normalized spacial score (nSPS) is 10.7. The number of halogens is 2. The Balaban J connectivity index is 1.94. The van der Waals surface area contributed by atoms with Crippen LogP contribution in [0.25, 0.3) is 10.1 Å². The van der Waals surface area contributed by atoms with Gasteiger partial charge in [-0.15, -0.1) is 11.3 Å². The van der Waals surface area contributed by atoms with Crippen molar-refractivity contribution >= 4 is 61.9 Å². The van der Waals surface area contributed by atoms with Crippen LogP contribution in [0.2, 0.25) is 10.0 Å². The van der Waals surface area contributed by atoms with E-state index in [4.69, 9.17) is 27.9 Å². The first-order valence-electron chi connectivity index (χ1n) is 6.92. The zero-order valence-electron chi connectivity index (χ0n) is 12.7. The summed E-state index contributed by atoms with van der Waals surface area (Å²) in [4.78, 5) is 23.1. The monoisotopic (exact) mass is 396 g/mol. The van der Waals surface area contributed by atoms with E-state index in [1.165, 1.54) is 29.5 Å². The second kappa shape index (κ2) is 6.87. The van der Waals surface area contributed by atoms with E-state index < -0.39 is 10.8 Å². The van der Waals surface area contributed by atoms with Crippen molar-refractivity contribution in [2.75, 3.05) is 12.4 Å². The summed E-state index contributed by atoms with van der Waals surface area (Å²) < 4.78 is 5.96. The molecule has 0 atom stereocenters. The number of nitrogens with zero attached hydrogens (tertiary/aromatic N) is 1. The number of anilines is 1. The van der Waals surface area contributed by atoms with Crippen LogP contribution in [0.5, 0.6) is 5.75 Å². The Bertz CT molecular complexity index is 1000. The molecule has 1 aromatic heterocycles. The Morgan fingerprint density at radius 1 is 1.24 bits per heavy atom. The summed E-state index contributed by atoms with van der Waals surface area (Å²) in [5.41, 5.74) is -0.0288. The van der Waals surface area contributed by atoms with Crippen LogP contribution >= 0.6 is 34.5 Å². The fourth-order valence-electron chi connectivity index (χ4n) is 2.24. The molecule has 0 fully saturated rings. The highest BCUT2D eigenvalue weighted by atomic mass is 35.5. The molecule has 0 aliphatic rings. The zero-order valence-corrected chi connectivity index (χ0v) is 15.0. The van der Waals surface area contributed by atoms with Crippen molar-refractivity contribution in [1.82, 2.24) is 0 Å². The van der Waals surface area contributed by atoms with Crippen molar-refractivity contribution in [3.8, 4) is 5.75 Å². The quantitative estimate of drug-likeness (QED) is 0.474. The van der Waals surface area contributed by atoms with Gasteiger partial charge in [0.15, 0.2) is 0 Å². The largest absolute Gasteiger partial charge is 0.497 e. The van der Waals surface area contributed by atoms with Gasteiger partial charge in [-0.1, -0.05) is 23.2 Å². The fourth-order valence-corrected chi connectivity index (χ4v) is 3.86. The maximum absolute atomic E-state index is 12.5. The molecule has 25 heavy (non-hydrogen) atoms. The van der Waals surface area contributed by atoms with Crippen LogP contribution in [0.1, 0.15) is 9.67 Å². The molecule has 3 rings (SSSR count). The van der Waals surface area contributed by atoms with Crippen LogP contribution in [-0.2, 0) is 0 Å². The molecule has 0 saturated heterocycles. The molecule has 1 heterocycles. The summed E-state index contributed by atoms with van der Waals surface area (Å²) >= 11 is 13.3. The lowest BCUT2D eigenvalue weighted by atomic mass is 10.2. The fraction of sp³-hybridized carbons (Fsp3) is 0.0625. The SMILES string of the molecule is COc1ccc2c(Cl)c(C(=O)Nc3ccc(Cl)c([N+](=O)[O-])c3)sc2c1. The van der Waals surface area contributed by atoms with Crippen molar-refractivity contribution in [2.24, 2.45) is 0 Å². The van der Waals surface area contributed by atoms with Crippen LogP contribution in [0, 0.1) is 10.1 Å². The van der Waals surface area contributed by atoms with Gasteiger partial charge in [-0.2, -0.15) is 0 Å². The molecule has 128 valence electrons. The third-order valence-electron chi connectivity index (χ3n) is 3.44. The number of fused-ring (bicyclic) bond motifs is 1. The van der Waals surface area contributed by atoms with Crippen LogP contribution in [0.3, 0.4) is 0 Å². The van der Waals surface area contributed by atoms with E-state index >= 15 is 0 Å². The van der Waals surface area contributed by atoms with Gasteiger partial charge in [-0.05, 0) is 30.3 Å². The maximum atomic E-state index is 12.5. The summed E-state index contributed by atoms with van der Waals surface area (Å²) in [6, 6.07) is 9.35. The topological polar surface area (TPSA) is 81.5 Å². The van der Waals surface area contributed by atoms with Crippen LogP contribution in [0.4, 0.5) is 11.4 Å². The second-order valence-electron chi connectivity index (χ2n) is 4.98. The van der Waals surface area contributed by atoms with Crippen LogP contribution in [0.15, 0.2) is 36.4 Å². The Labute approximate surface area is 156 Å². The average molecular weight is 397 g/mol. The molecule has 0 aliphatic carbocycles. The smallest absolute Gasteiger partial charge is 0.289 e. The van der Waals surface area contributed by atoms with Gasteiger partial charge in [0, 0.05) is 21.8 Å². The van der Waals surface area contributed by atoms with Crippen molar-refractivity contribution in [1.29, 1.82) is 0 Å². The lowest BCUT2D eigenvalue weighted by Crippen LogP contribution is -2.10. The summed E-state index contributed by atoms with van der Waals surface area (Å²) in [6.07, 6.45) is 0. The van der Waals surface area contributed by atoms with Gasteiger partial charge in [0.25, 0.3) is 11.6 Å². The lowest BCUT2D eigenvalue weighted by Gasteiger charge is -2.04. The minimum atomic E-state index is -0.614. The number of amides is 1. The van der Waals surface area contributed by atoms with E-state index in [0.29, 0.717) is 15.6 Å². The predicted octanol–water partition coefficient (Wildman–Crippen LogP) is 5.38. The molecule has 9 heteroatoms. The molecule has 1 N–H and O–H groups in total. The van der Waals surface area contributed by atoms with Crippen molar-refractivity contribution in [3.05, 3.63) is 61.4 Å². The number of rotatable bonds is 4. The number of carbonyl (C=O) groups excluding carboxylic acids is 1. The van der Waals surface area contributed by atoms with E-state index in [1.807, 2.05) is 0 Å². The lowest BCUT2D eigenvalue weighted by molar-refractivity contribution is -0.384. The van der Waals surface area contributed by atoms with Crippen molar-refractivity contribution in [2.45, 2.75) is 0 Å². The van der Waals surface area contributed by atoms with Gasteiger partial charge < -0.3 is 10.1 Å². The van der Waals surface area contributed by atoms with Crippen molar-refractivity contribution in [3.63, 3.8) is 0 Å². The number of nitro benzene ring substituents is 1. The van der Waals surface area contributed by atoms with Gasteiger partial charge in [-0.3, -0.25) is 14.9 Å². The molecule has 2 aromatic carbocycles. The third kappa shape index (κ3) is 3.39. The molecular weight excluding hydrogens is 387 g/mol. The minimum absolute atomic E-state index is 0.00464. The zero-order chi connectivity index (χ0) is 18.1. The number of carbonyl (C=O) groups is 1. The van der Waals surface area contributed by atoms with Gasteiger partial charge in [-0.25, -0.2) is 0 Å². The van der Waals surface area contributed by atoms with E-state index in [9.17, 15) is 14.9 Å². The minimum Gasteiger partial charge on any atom is -0.497 e. The summed E-state index contributed by atoms with van der Waals surface area (Å²) in [7, 11) is 1.55. The summed E-state index contributed by atoms with van der Waals surface area (Å²) in [6.45, 7) is 0. The summed E-state index contributed by atoms with van der Waals surface area (Å²) in [5.74, 6) is 0.201. The Hall–Kier alpha value is -2.35. The molecule has 0 aliphatic heterocycles. The van der Waals surface area contributed by atoms with Gasteiger partial charge in [0.2, 0.25) is 0 Å². The van der Waals surface area contributed by atoms with Gasteiger partial charge >= 0.3 is 0 Å². The van der Waals surface area contributed by atoms with Crippen LogP contribution < -0.4 is 10.1 Å².